The summed E-state index contributed by atoms with van der Waals surface area (Å²) in [5, 5.41) is 17.1. The van der Waals surface area contributed by atoms with E-state index in [0.29, 0.717) is 24.9 Å². The lowest BCUT2D eigenvalue weighted by atomic mass is 10.0. The molecule has 1 heterocycles. The molecule has 0 fully saturated rings. The van der Waals surface area contributed by atoms with Crippen LogP contribution in [0.5, 0.6) is 0 Å². The fourth-order valence-corrected chi connectivity index (χ4v) is 2.66. The molecule has 6 nitrogen and oxygen atoms in total. The SMILES string of the molecule is CCNC(=NCc1cccc(COC(C)C)c1)NCC(C)(O)c1ccc(C)o1.I. The van der Waals surface area contributed by atoms with E-state index in [4.69, 9.17) is 9.15 Å². The molecule has 1 atom stereocenters. The average molecular weight is 515 g/mol. The predicted octanol–water partition coefficient (Wildman–Crippen LogP) is 4.09. The van der Waals surface area contributed by atoms with Crippen molar-refractivity contribution in [1.29, 1.82) is 0 Å². The number of hydrogen-bond acceptors (Lipinski definition) is 4. The highest BCUT2D eigenvalue weighted by molar-refractivity contribution is 14.0. The van der Waals surface area contributed by atoms with E-state index in [1.807, 2.05) is 45.9 Å². The van der Waals surface area contributed by atoms with Crippen LogP contribution in [0.2, 0.25) is 0 Å². The maximum Gasteiger partial charge on any atom is 0.191 e. The van der Waals surface area contributed by atoms with E-state index < -0.39 is 5.60 Å². The molecule has 3 N–H and O–H groups in total. The summed E-state index contributed by atoms with van der Waals surface area (Å²) in [5.41, 5.74) is 1.12. The fraction of sp³-hybridized carbons (Fsp3) is 0.500. The van der Waals surface area contributed by atoms with Gasteiger partial charge in [-0.2, -0.15) is 0 Å². The molecule has 0 aliphatic heterocycles. The van der Waals surface area contributed by atoms with E-state index in [2.05, 4.69) is 27.8 Å². The second-order valence-corrected chi connectivity index (χ2v) is 7.41. The normalized spacial score (nSPS) is 13.7. The summed E-state index contributed by atoms with van der Waals surface area (Å²) in [6.07, 6.45) is 0.206. The van der Waals surface area contributed by atoms with Crippen molar-refractivity contribution in [2.45, 2.75) is 59.5 Å². The van der Waals surface area contributed by atoms with Crippen LogP contribution in [0.15, 0.2) is 45.8 Å². The van der Waals surface area contributed by atoms with Crippen molar-refractivity contribution in [3.05, 3.63) is 59.0 Å². The van der Waals surface area contributed by atoms with Gasteiger partial charge < -0.3 is 24.9 Å². The van der Waals surface area contributed by atoms with Crippen LogP contribution in [0.4, 0.5) is 0 Å². The zero-order valence-corrected chi connectivity index (χ0v) is 20.3. The zero-order valence-electron chi connectivity index (χ0n) is 18.0. The van der Waals surface area contributed by atoms with E-state index in [9.17, 15) is 5.11 Å². The Morgan fingerprint density at radius 3 is 2.55 bits per heavy atom. The minimum Gasteiger partial charge on any atom is -0.463 e. The Hall–Kier alpha value is -1.58. The van der Waals surface area contributed by atoms with Gasteiger partial charge in [0.1, 0.15) is 17.1 Å². The monoisotopic (exact) mass is 515 g/mol. The van der Waals surface area contributed by atoms with Crippen LogP contribution in [0, 0.1) is 6.92 Å². The maximum atomic E-state index is 10.7. The van der Waals surface area contributed by atoms with Crippen LogP contribution in [0.25, 0.3) is 0 Å². The molecular weight excluding hydrogens is 481 g/mol. The topological polar surface area (TPSA) is 79.0 Å². The second-order valence-electron chi connectivity index (χ2n) is 7.41. The standard InChI is InChI=1S/C22H33N3O3.HI/c1-6-23-21(25-15-22(5,26)20-11-10-17(4)28-20)24-13-18-8-7-9-19(12-18)14-27-16(2)3;/h7-12,16,26H,6,13-15H2,1-5H3,(H2,23,24,25);1H. The first-order valence-corrected chi connectivity index (χ1v) is 9.81. The van der Waals surface area contributed by atoms with Crippen LogP contribution in [0.3, 0.4) is 0 Å². The van der Waals surface area contributed by atoms with Gasteiger partial charge in [-0.05, 0) is 57.9 Å². The van der Waals surface area contributed by atoms with Crippen molar-refractivity contribution in [2.24, 2.45) is 4.99 Å². The molecule has 1 aromatic heterocycles. The van der Waals surface area contributed by atoms with Crippen molar-refractivity contribution >= 4 is 29.9 Å². The summed E-state index contributed by atoms with van der Waals surface area (Å²) in [4.78, 5) is 4.63. The fourth-order valence-electron chi connectivity index (χ4n) is 2.66. The van der Waals surface area contributed by atoms with Crippen LogP contribution in [0.1, 0.15) is 50.3 Å². The Bertz CT molecular complexity index is 772. The Kier molecular flexibility index (Phi) is 10.7. The van der Waals surface area contributed by atoms with Gasteiger partial charge in [0.15, 0.2) is 5.96 Å². The molecule has 1 unspecified atom stereocenters. The van der Waals surface area contributed by atoms with Gasteiger partial charge in [-0.15, -0.1) is 24.0 Å². The summed E-state index contributed by atoms with van der Waals surface area (Å²) in [7, 11) is 0. The third-order valence-corrected chi connectivity index (χ3v) is 4.21. The van der Waals surface area contributed by atoms with Crippen LogP contribution < -0.4 is 10.6 Å². The number of furan rings is 1. The lowest BCUT2D eigenvalue weighted by Crippen LogP contribution is -2.44. The minimum atomic E-state index is -1.13. The number of nitrogens with zero attached hydrogens (tertiary/aromatic N) is 1. The second kappa shape index (κ2) is 12.2. The van der Waals surface area contributed by atoms with Crippen LogP contribution in [-0.4, -0.2) is 30.3 Å². The van der Waals surface area contributed by atoms with Gasteiger partial charge >= 0.3 is 0 Å². The van der Waals surface area contributed by atoms with Crippen molar-refractivity contribution in [3.63, 3.8) is 0 Å². The van der Waals surface area contributed by atoms with Gasteiger partial charge in [-0.3, -0.25) is 0 Å². The van der Waals surface area contributed by atoms with Crippen molar-refractivity contribution in [1.82, 2.24) is 10.6 Å². The average Bonchev–Trinajstić information content (AvgIpc) is 3.10. The summed E-state index contributed by atoms with van der Waals surface area (Å²) in [6, 6.07) is 11.9. The first kappa shape index (κ1) is 25.5. The van der Waals surface area contributed by atoms with Crippen molar-refractivity contribution in [2.75, 3.05) is 13.1 Å². The van der Waals surface area contributed by atoms with Gasteiger partial charge in [-0.1, -0.05) is 24.3 Å². The molecule has 29 heavy (non-hydrogen) atoms. The zero-order chi connectivity index (χ0) is 20.6. The summed E-state index contributed by atoms with van der Waals surface area (Å²) >= 11 is 0. The lowest BCUT2D eigenvalue weighted by molar-refractivity contribution is 0.0378. The Labute approximate surface area is 191 Å². The summed E-state index contributed by atoms with van der Waals surface area (Å²) in [6.45, 7) is 11.8. The van der Waals surface area contributed by atoms with E-state index in [1.165, 1.54) is 0 Å². The number of hydrogen-bond donors (Lipinski definition) is 3. The maximum absolute atomic E-state index is 10.7. The molecule has 1 aromatic carbocycles. The largest absolute Gasteiger partial charge is 0.463 e. The van der Waals surface area contributed by atoms with Crippen LogP contribution >= 0.6 is 24.0 Å². The van der Waals surface area contributed by atoms with Crippen molar-refractivity contribution in [3.8, 4) is 0 Å². The quantitative estimate of drug-likeness (QED) is 0.267. The predicted molar refractivity (Wildman–Crippen MR) is 128 cm³/mol. The number of benzene rings is 1. The molecule has 0 saturated carbocycles. The van der Waals surface area contributed by atoms with Gasteiger partial charge in [0.25, 0.3) is 0 Å². The number of nitrogens with one attached hydrogen (secondary N) is 2. The Morgan fingerprint density at radius 1 is 1.21 bits per heavy atom. The molecule has 2 rings (SSSR count). The molecule has 0 bridgehead atoms. The number of aliphatic hydroxyl groups is 1. The first-order chi connectivity index (χ1) is 13.3. The number of aryl methyl sites for hydroxylation is 1. The van der Waals surface area contributed by atoms with E-state index in [1.54, 1.807) is 13.0 Å². The number of halogens is 1. The highest BCUT2D eigenvalue weighted by Gasteiger charge is 2.27. The first-order valence-electron chi connectivity index (χ1n) is 9.81. The third kappa shape index (κ3) is 8.76. The van der Waals surface area contributed by atoms with E-state index in [0.717, 1.165) is 23.4 Å². The highest BCUT2D eigenvalue weighted by Crippen LogP contribution is 2.21. The molecule has 0 saturated heterocycles. The van der Waals surface area contributed by atoms with E-state index >= 15 is 0 Å². The van der Waals surface area contributed by atoms with Gasteiger partial charge in [0, 0.05) is 6.54 Å². The molecule has 0 spiro atoms. The molecule has 162 valence electrons. The summed E-state index contributed by atoms with van der Waals surface area (Å²) < 4.78 is 11.2. The number of aliphatic imine (C=N–C) groups is 1. The van der Waals surface area contributed by atoms with Gasteiger partial charge in [0.2, 0.25) is 0 Å². The van der Waals surface area contributed by atoms with Gasteiger partial charge in [-0.25, -0.2) is 4.99 Å². The number of guanidine groups is 1. The minimum absolute atomic E-state index is 0. The molecule has 7 heteroatoms. The highest BCUT2D eigenvalue weighted by atomic mass is 127. The number of rotatable bonds is 9. The summed E-state index contributed by atoms with van der Waals surface area (Å²) in [5.74, 6) is 1.96. The van der Waals surface area contributed by atoms with Gasteiger partial charge in [0.05, 0.1) is 25.8 Å². The van der Waals surface area contributed by atoms with Crippen molar-refractivity contribution < 1.29 is 14.3 Å². The van der Waals surface area contributed by atoms with E-state index in [-0.39, 0.29) is 36.6 Å². The third-order valence-electron chi connectivity index (χ3n) is 4.21. The smallest absolute Gasteiger partial charge is 0.191 e. The molecule has 2 aromatic rings. The Morgan fingerprint density at radius 2 is 1.93 bits per heavy atom. The molecular formula is C22H34IN3O3. The Balaban J connectivity index is 0.00000420. The molecule has 0 aliphatic carbocycles. The molecule has 0 radical (unpaired) electrons. The molecule has 0 amide bonds. The molecule has 0 aliphatic rings. The lowest BCUT2D eigenvalue weighted by Gasteiger charge is -2.22. The van der Waals surface area contributed by atoms with Crippen LogP contribution in [-0.2, 0) is 23.5 Å². The number of ether oxygens (including phenoxy) is 1.